The van der Waals surface area contributed by atoms with Gasteiger partial charge in [0.1, 0.15) is 18.0 Å². The molecule has 2 aromatic carbocycles. The first kappa shape index (κ1) is 19.6. The molecule has 0 bridgehead atoms. The van der Waals surface area contributed by atoms with Crippen molar-refractivity contribution in [2.24, 2.45) is 0 Å². The van der Waals surface area contributed by atoms with Crippen LogP contribution in [0.15, 0.2) is 48.5 Å². The van der Waals surface area contributed by atoms with E-state index >= 15 is 0 Å². The van der Waals surface area contributed by atoms with Gasteiger partial charge in [-0.3, -0.25) is 9.10 Å². The lowest BCUT2D eigenvalue weighted by Gasteiger charge is -2.22. The van der Waals surface area contributed by atoms with Crippen LogP contribution in [0.2, 0.25) is 0 Å². The van der Waals surface area contributed by atoms with Crippen molar-refractivity contribution in [3.63, 3.8) is 0 Å². The zero-order valence-electron chi connectivity index (χ0n) is 14.9. The standard InChI is InChI=1S/C18H22N2O5S/c1-4-25-17-10-5-7-14(11-17)19-18(21)13-20(26(3,22)23)15-8-6-9-16(12-15)24-2/h5-12H,4,13H2,1-3H3,(H,19,21). The zero-order chi connectivity index (χ0) is 19.2. The van der Waals surface area contributed by atoms with Gasteiger partial charge in [0.25, 0.3) is 0 Å². The number of sulfonamides is 1. The Morgan fingerprint density at radius 3 is 2.46 bits per heavy atom. The van der Waals surface area contributed by atoms with Crippen molar-refractivity contribution in [1.29, 1.82) is 0 Å². The zero-order valence-corrected chi connectivity index (χ0v) is 15.7. The van der Waals surface area contributed by atoms with Crippen LogP contribution >= 0.6 is 0 Å². The summed E-state index contributed by atoms with van der Waals surface area (Å²) >= 11 is 0. The largest absolute Gasteiger partial charge is 0.497 e. The van der Waals surface area contributed by atoms with E-state index in [-0.39, 0.29) is 6.54 Å². The second-order valence-electron chi connectivity index (χ2n) is 5.48. The van der Waals surface area contributed by atoms with Crippen LogP contribution in [0.4, 0.5) is 11.4 Å². The summed E-state index contributed by atoms with van der Waals surface area (Å²) in [7, 11) is -2.17. The maximum absolute atomic E-state index is 12.4. The molecule has 0 heterocycles. The predicted molar refractivity (Wildman–Crippen MR) is 101 cm³/mol. The number of carbonyl (C=O) groups is 1. The summed E-state index contributed by atoms with van der Waals surface area (Å²) in [6.45, 7) is 2.02. The quantitative estimate of drug-likeness (QED) is 0.763. The molecule has 2 rings (SSSR count). The number of hydrogen-bond acceptors (Lipinski definition) is 5. The van der Waals surface area contributed by atoms with E-state index in [1.807, 2.05) is 6.92 Å². The molecule has 0 atom stereocenters. The van der Waals surface area contributed by atoms with Crippen LogP contribution in [0.3, 0.4) is 0 Å². The number of benzene rings is 2. The number of methoxy groups -OCH3 is 1. The first-order valence-electron chi connectivity index (χ1n) is 7.98. The minimum atomic E-state index is -3.65. The van der Waals surface area contributed by atoms with Gasteiger partial charge < -0.3 is 14.8 Å². The van der Waals surface area contributed by atoms with Gasteiger partial charge in [-0.05, 0) is 31.2 Å². The van der Waals surface area contributed by atoms with Crippen LogP contribution in [0.25, 0.3) is 0 Å². The van der Waals surface area contributed by atoms with Crippen molar-refractivity contribution in [1.82, 2.24) is 0 Å². The summed E-state index contributed by atoms with van der Waals surface area (Å²) in [5.74, 6) is 0.658. The summed E-state index contributed by atoms with van der Waals surface area (Å²) in [6.07, 6.45) is 1.05. The molecule has 1 N–H and O–H groups in total. The normalized spacial score (nSPS) is 10.9. The lowest BCUT2D eigenvalue weighted by Crippen LogP contribution is -2.37. The van der Waals surface area contributed by atoms with E-state index in [4.69, 9.17) is 9.47 Å². The Morgan fingerprint density at radius 2 is 1.81 bits per heavy atom. The van der Waals surface area contributed by atoms with Crippen molar-refractivity contribution in [3.8, 4) is 11.5 Å². The molecule has 2 aromatic rings. The number of rotatable bonds is 8. The van der Waals surface area contributed by atoms with Crippen LogP contribution in [0, 0.1) is 0 Å². The molecule has 0 radical (unpaired) electrons. The van der Waals surface area contributed by atoms with Crippen LogP contribution in [0.1, 0.15) is 6.92 Å². The Bertz CT molecular complexity index is 867. The van der Waals surface area contributed by atoms with Gasteiger partial charge in [-0.25, -0.2) is 8.42 Å². The second kappa shape index (κ2) is 8.57. The van der Waals surface area contributed by atoms with Crippen LogP contribution in [-0.4, -0.2) is 40.8 Å². The number of hydrogen-bond donors (Lipinski definition) is 1. The summed E-state index contributed by atoms with van der Waals surface area (Å²) < 4.78 is 35.8. The third-order valence-electron chi connectivity index (χ3n) is 3.46. The van der Waals surface area contributed by atoms with Gasteiger partial charge in [0.15, 0.2) is 0 Å². The summed E-state index contributed by atoms with van der Waals surface area (Å²) in [5, 5.41) is 2.69. The molecule has 0 aliphatic heterocycles. The Labute approximate surface area is 153 Å². The van der Waals surface area contributed by atoms with Crippen LogP contribution in [-0.2, 0) is 14.8 Å². The molecule has 0 spiro atoms. The van der Waals surface area contributed by atoms with Crippen molar-refractivity contribution in [3.05, 3.63) is 48.5 Å². The van der Waals surface area contributed by atoms with Gasteiger partial charge in [-0.1, -0.05) is 12.1 Å². The number of anilines is 2. The minimum Gasteiger partial charge on any atom is -0.497 e. The maximum Gasteiger partial charge on any atom is 0.245 e. The Balaban J connectivity index is 2.18. The molecule has 0 aliphatic rings. The molecular weight excluding hydrogens is 356 g/mol. The van der Waals surface area contributed by atoms with E-state index in [0.717, 1.165) is 10.6 Å². The topological polar surface area (TPSA) is 84.9 Å². The van der Waals surface area contributed by atoms with E-state index in [0.29, 0.717) is 29.5 Å². The van der Waals surface area contributed by atoms with Crippen molar-refractivity contribution >= 4 is 27.3 Å². The first-order valence-corrected chi connectivity index (χ1v) is 9.82. The smallest absolute Gasteiger partial charge is 0.245 e. The molecule has 26 heavy (non-hydrogen) atoms. The van der Waals surface area contributed by atoms with E-state index < -0.39 is 15.9 Å². The molecular formula is C18H22N2O5S. The number of ether oxygens (including phenoxy) is 2. The summed E-state index contributed by atoms with van der Waals surface area (Å²) in [5.41, 5.74) is 0.880. The third kappa shape index (κ3) is 5.38. The average molecular weight is 378 g/mol. The lowest BCUT2D eigenvalue weighted by molar-refractivity contribution is -0.114. The highest BCUT2D eigenvalue weighted by molar-refractivity contribution is 7.92. The highest BCUT2D eigenvalue weighted by Crippen LogP contribution is 2.23. The highest BCUT2D eigenvalue weighted by Gasteiger charge is 2.21. The van der Waals surface area contributed by atoms with E-state index in [1.165, 1.54) is 7.11 Å². The fourth-order valence-corrected chi connectivity index (χ4v) is 3.18. The summed E-state index contributed by atoms with van der Waals surface area (Å²) in [6, 6.07) is 13.4. The number of nitrogens with zero attached hydrogens (tertiary/aromatic N) is 1. The molecule has 0 saturated carbocycles. The number of amides is 1. The van der Waals surface area contributed by atoms with E-state index in [9.17, 15) is 13.2 Å². The van der Waals surface area contributed by atoms with Gasteiger partial charge in [0.05, 0.1) is 25.7 Å². The van der Waals surface area contributed by atoms with Gasteiger partial charge in [0.2, 0.25) is 15.9 Å². The first-order chi connectivity index (χ1) is 12.3. The molecule has 0 aliphatic carbocycles. The Kier molecular flexibility index (Phi) is 6.46. The van der Waals surface area contributed by atoms with Crippen molar-refractivity contribution in [2.45, 2.75) is 6.92 Å². The molecule has 0 saturated heterocycles. The monoisotopic (exact) mass is 378 g/mol. The number of nitrogens with one attached hydrogen (secondary N) is 1. The molecule has 0 fully saturated rings. The molecule has 7 nitrogen and oxygen atoms in total. The second-order valence-corrected chi connectivity index (χ2v) is 7.39. The molecule has 1 amide bonds. The van der Waals surface area contributed by atoms with Gasteiger partial charge in [-0.15, -0.1) is 0 Å². The Morgan fingerprint density at radius 1 is 1.12 bits per heavy atom. The fraction of sp³-hybridized carbons (Fsp3) is 0.278. The maximum atomic E-state index is 12.4. The average Bonchev–Trinajstić information content (AvgIpc) is 2.59. The van der Waals surface area contributed by atoms with Crippen LogP contribution in [0.5, 0.6) is 11.5 Å². The highest BCUT2D eigenvalue weighted by atomic mass is 32.2. The molecule has 140 valence electrons. The minimum absolute atomic E-state index is 0.352. The van der Waals surface area contributed by atoms with E-state index in [1.54, 1.807) is 48.5 Å². The van der Waals surface area contributed by atoms with Crippen molar-refractivity contribution < 1.29 is 22.7 Å². The summed E-state index contributed by atoms with van der Waals surface area (Å²) in [4.78, 5) is 12.4. The third-order valence-corrected chi connectivity index (χ3v) is 4.60. The fourth-order valence-electron chi connectivity index (χ4n) is 2.33. The van der Waals surface area contributed by atoms with E-state index in [2.05, 4.69) is 5.32 Å². The van der Waals surface area contributed by atoms with Gasteiger partial charge >= 0.3 is 0 Å². The predicted octanol–water partition coefficient (Wildman–Crippen LogP) is 2.50. The van der Waals surface area contributed by atoms with Crippen molar-refractivity contribution in [2.75, 3.05) is 36.1 Å². The lowest BCUT2D eigenvalue weighted by atomic mass is 10.3. The molecule has 0 aromatic heterocycles. The number of carbonyl (C=O) groups excluding carboxylic acids is 1. The Hall–Kier alpha value is -2.74. The van der Waals surface area contributed by atoms with Crippen LogP contribution < -0.4 is 19.1 Å². The molecule has 8 heteroatoms. The molecule has 0 unspecified atom stereocenters. The van der Waals surface area contributed by atoms with Gasteiger partial charge in [0, 0.05) is 17.8 Å². The SMILES string of the molecule is CCOc1cccc(NC(=O)CN(c2cccc(OC)c2)S(C)(=O)=O)c1. The van der Waals surface area contributed by atoms with Gasteiger partial charge in [-0.2, -0.15) is 0 Å².